The Morgan fingerprint density at radius 3 is 2.67 bits per heavy atom. The van der Waals surface area contributed by atoms with E-state index < -0.39 is 0 Å². The van der Waals surface area contributed by atoms with Crippen LogP contribution in [0.2, 0.25) is 0 Å². The van der Waals surface area contributed by atoms with Crippen molar-refractivity contribution in [1.29, 1.82) is 0 Å². The van der Waals surface area contributed by atoms with Gasteiger partial charge in [-0.05, 0) is 32.8 Å². The van der Waals surface area contributed by atoms with Gasteiger partial charge in [0.25, 0.3) is 5.56 Å². The van der Waals surface area contributed by atoms with Crippen LogP contribution in [0.1, 0.15) is 34.8 Å². The summed E-state index contributed by atoms with van der Waals surface area (Å²) in [4.78, 5) is 39.3. The lowest BCUT2D eigenvalue weighted by molar-refractivity contribution is -0.133. The van der Waals surface area contributed by atoms with E-state index in [2.05, 4.69) is 20.0 Å². The molecule has 1 amide bonds. The minimum atomic E-state index is -0.0476. The molecule has 0 aliphatic carbocycles. The molecule has 0 atom stereocenters. The highest BCUT2D eigenvalue weighted by molar-refractivity contribution is 7.15. The maximum absolute atomic E-state index is 12.9. The summed E-state index contributed by atoms with van der Waals surface area (Å²) in [6.45, 7) is 9.55. The molecule has 5 heterocycles. The van der Waals surface area contributed by atoms with Crippen LogP contribution in [0.25, 0.3) is 10.6 Å². The fraction of sp³-hybridized carbons (Fsp3) is 0.435. The van der Waals surface area contributed by atoms with Crippen molar-refractivity contribution in [2.24, 2.45) is 0 Å². The van der Waals surface area contributed by atoms with Crippen LogP contribution in [0.5, 0.6) is 0 Å². The third-order valence-corrected chi connectivity index (χ3v) is 7.10. The molecule has 4 aromatic heterocycles. The van der Waals surface area contributed by atoms with E-state index in [0.717, 1.165) is 52.0 Å². The van der Waals surface area contributed by atoms with E-state index in [4.69, 9.17) is 0 Å². The molecule has 172 valence electrons. The van der Waals surface area contributed by atoms with Gasteiger partial charge in [-0.3, -0.25) is 18.9 Å². The zero-order chi connectivity index (χ0) is 23.1. The molecule has 0 radical (unpaired) electrons. The number of thiazole rings is 1. The molecule has 4 aromatic rings. The van der Waals surface area contributed by atoms with Crippen molar-refractivity contribution in [3.05, 3.63) is 62.4 Å². The van der Waals surface area contributed by atoms with Crippen molar-refractivity contribution in [1.82, 2.24) is 33.8 Å². The Labute approximate surface area is 195 Å². The Kier molecular flexibility index (Phi) is 5.71. The topological polar surface area (TPSA) is 88.1 Å². The molecular formula is C23H27N7O2S. The first-order valence-electron chi connectivity index (χ1n) is 11.2. The number of nitrogens with zero attached hydrogens (tertiary/aromatic N) is 7. The summed E-state index contributed by atoms with van der Waals surface area (Å²) in [5.74, 6) is 0.168. The van der Waals surface area contributed by atoms with Crippen LogP contribution in [0, 0.1) is 20.8 Å². The van der Waals surface area contributed by atoms with E-state index in [9.17, 15) is 9.59 Å². The molecule has 0 aromatic carbocycles. The van der Waals surface area contributed by atoms with E-state index in [0.29, 0.717) is 32.5 Å². The largest absolute Gasteiger partial charge is 0.340 e. The summed E-state index contributed by atoms with van der Waals surface area (Å²) >= 11 is 1.46. The quantitative estimate of drug-likeness (QED) is 0.448. The van der Waals surface area contributed by atoms with Crippen LogP contribution < -0.4 is 5.56 Å². The molecule has 1 aliphatic rings. The number of hydrogen-bond donors (Lipinski definition) is 0. The molecule has 0 spiro atoms. The van der Waals surface area contributed by atoms with Gasteiger partial charge in [-0.2, -0.15) is 5.10 Å². The van der Waals surface area contributed by atoms with Crippen LogP contribution in [0.15, 0.2) is 28.5 Å². The molecule has 0 N–H and O–H groups in total. The van der Waals surface area contributed by atoms with Crippen LogP contribution in [0.4, 0.5) is 0 Å². The molecule has 5 rings (SSSR count). The van der Waals surface area contributed by atoms with Gasteiger partial charge >= 0.3 is 0 Å². The molecule has 0 saturated carbocycles. The van der Waals surface area contributed by atoms with Gasteiger partial charge in [0.15, 0.2) is 10.6 Å². The maximum atomic E-state index is 12.9. The summed E-state index contributed by atoms with van der Waals surface area (Å²) in [7, 11) is 0. The van der Waals surface area contributed by atoms with Crippen LogP contribution >= 0.6 is 11.3 Å². The van der Waals surface area contributed by atoms with Gasteiger partial charge in [0.1, 0.15) is 0 Å². The normalized spacial score (nSPS) is 15.1. The molecule has 0 bridgehead atoms. The number of carbonyl (C=O) groups is 1. The van der Waals surface area contributed by atoms with Crippen molar-refractivity contribution in [2.45, 2.75) is 40.2 Å². The van der Waals surface area contributed by atoms with Gasteiger partial charge in [0.2, 0.25) is 5.91 Å². The first-order valence-corrected chi connectivity index (χ1v) is 12.1. The number of fused-ring (bicyclic) bond motifs is 2. The van der Waals surface area contributed by atoms with Crippen molar-refractivity contribution in [2.75, 3.05) is 26.2 Å². The Morgan fingerprint density at radius 1 is 1.09 bits per heavy atom. The highest BCUT2D eigenvalue weighted by atomic mass is 32.1. The average molecular weight is 466 g/mol. The van der Waals surface area contributed by atoms with Crippen LogP contribution in [-0.2, 0) is 17.8 Å². The Balaban J connectivity index is 1.18. The molecule has 1 saturated heterocycles. The third-order valence-electron chi connectivity index (χ3n) is 6.34. The lowest BCUT2D eigenvalue weighted by Crippen LogP contribution is -2.48. The highest BCUT2D eigenvalue weighted by Gasteiger charge is 2.22. The number of carbonyl (C=O) groups excluding carboxylic acids is 1. The second-order valence-electron chi connectivity index (χ2n) is 8.62. The molecule has 33 heavy (non-hydrogen) atoms. The first kappa shape index (κ1) is 21.7. The van der Waals surface area contributed by atoms with Crippen molar-refractivity contribution in [3.63, 3.8) is 0 Å². The Bertz CT molecular complexity index is 1400. The summed E-state index contributed by atoms with van der Waals surface area (Å²) in [5, 5.41) is 6.39. The monoisotopic (exact) mass is 465 g/mol. The van der Waals surface area contributed by atoms with Gasteiger partial charge in [-0.15, -0.1) is 11.3 Å². The number of rotatable bonds is 5. The van der Waals surface area contributed by atoms with Gasteiger partial charge in [0.05, 0.1) is 11.4 Å². The van der Waals surface area contributed by atoms with Crippen molar-refractivity contribution in [3.8, 4) is 0 Å². The number of amides is 1. The van der Waals surface area contributed by atoms with Crippen LogP contribution in [0.3, 0.4) is 0 Å². The zero-order valence-corrected chi connectivity index (χ0v) is 19.9. The van der Waals surface area contributed by atoms with E-state index in [1.165, 1.54) is 11.3 Å². The van der Waals surface area contributed by atoms with Gasteiger partial charge in [-0.1, -0.05) is 0 Å². The summed E-state index contributed by atoms with van der Waals surface area (Å²) in [5.41, 5.74) is 5.63. The predicted molar refractivity (Wildman–Crippen MR) is 127 cm³/mol. The van der Waals surface area contributed by atoms with Crippen LogP contribution in [-0.4, -0.2) is 65.9 Å². The van der Waals surface area contributed by atoms with E-state index >= 15 is 0 Å². The zero-order valence-electron chi connectivity index (χ0n) is 19.1. The average Bonchev–Trinajstić information content (AvgIpc) is 3.40. The van der Waals surface area contributed by atoms with Gasteiger partial charge < -0.3 is 4.90 Å². The van der Waals surface area contributed by atoms with Crippen molar-refractivity contribution < 1.29 is 4.79 Å². The molecule has 1 fully saturated rings. The second kappa shape index (κ2) is 8.68. The smallest absolute Gasteiger partial charge is 0.258 e. The SMILES string of the molecule is Cc1cc2nc(C)c(CCC(=O)N3CCN(Cc4cc(=O)n5ccsc5n4)CC3)c(C)n2n1. The van der Waals surface area contributed by atoms with E-state index in [-0.39, 0.29) is 11.5 Å². The minimum absolute atomic E-state index is 0.0476. The minimum Gasteiger partial charge on any atom is -0.340 e. The van der Waals surface area contributed by atoms with E-state index in [1.807, 2.05) is 41.6 Å². The standard InChI is InChI=1S/C23H27N7O2S/c1-15-12-20-24-16(2)19(17(3)30(20)26-15)4-5-21(31)28-8-6-27(7-9-28)14-18-13-22(32)29-10-11-33-23(29)25-18/h10-13H,4-9,14H2,1-3H3. The maximum Gasteiger partial charge on any atom is 0.258 e. The number of hydrogen-bond acceptors (Lipinski definition) is 7. The fourth-order valence-electron chi connectivity index (χ4n) is 4.55. The highest BCUT2D eigenvalue weighted by Crippen LogP contribution is 2.18. The second-order valence-corrected chi connectivity index (χ2v) is 9.49. The predicted octanol–water partition coefficient (Wildman–Crippen LogP) is 2.00. The summed E-state index contributed by atoms with van der Waals surface area (Å²) < 4.78 is 3.43. The Morgan fingerprint density at radius 2 is 1.88 bits per heavy atom. The number of aromatic nitrogens is 5. The molecule has 9 nitrogen and oxygen atoms in total. The number of aryl methyl sites for hydroxylation is 3. The molecule has 10 heteroatoms. The number of piperazine rings is 1. The molecule has 1 aliphatic heterocycles. The molecular weight excluding hydrogens is 438 g/mol. The van der Waals surface area contributed by atoms with Gasteiger partial charge in [-0.25, -0.2) is 14.5 Å². The third kappa shape index (κ3) is 4.28. The lowest BCUT2D eigenvalue weighted by Gasteiger charge is -2.34. The summed E-state index contributed by atoms with van der Waals surface area (Å²) in [6.07, 6.45) is 2.87. The fourth-order valence-corrected chi connectivity index (χ4v) is 5.29. The molecule has 0 unspecified atom stereocenters. The first-order chi connectivity index (χ1) is 15.9. The van der Waals surface area contributed by atoms with Crippen molar-refractivity contribution >= 4 is 27.9 Å². The van der Waals surface area contributed by atoms with E-state index in [1.54, 1.807) is 16.7 Å². The summed E-state index contributed by atoms with van der Waals surface area (Å²) in [6, 6.07) is 3.58. The Hall–Kier alpha value is -3.11. The van der Waals surface area contributed by atoms with Gasteiger partial charge in [0, 0.05) is 74.2 Å². The lowest BCUT2D eigenvalue weighted by atomic mass is 10.1.